The summed E-state index contributed by atoms with van der Waals surface area (Å²) < 4.78 is 0. The van der Waals surface area contributed by atoms with Crippen molar-refractivity contribution in [1.29, 1.82) is 0 Å². The highest BCUT2D eigenvalue weighted by molar-refractivity contribution is 7.07. The summed E-state index contributed by atoms with van der Waals surface area (Å²) in [7, 11) is 0. The van der Waals surface area contributed by atoms with Crippen molar-refractivity contribution in [2.45, 2.75) is 6.54 Å². The molecule has 1 aromatic rings. The fraction of sp³-hybridized carbons (Fsp3) is 0.556. The average molecular weight is 182 g/mol. The summed E-state index contributed by atoms with van der Waals surface area (Å²) in [4.78, 5) is 0. The lowest BCUT2D eigenvalue weighted by Crippen LogP contribution is -2.47. The van der Waals surface area contributed by atoms with Gasteiger partial charge in [0.05, 0.1) is 0 Å². The monoisotopic (exact) mass is 182 g/mol. The van der Waals surface area contributed by atoms with Gasteiger partial charge in [-0.15, -0.1) is 0 Å². The molecule has 0 amide bonds. The Hall–Kier alpha value is -0.380. The van der Waals surface area contributed by atoms with E-state index in [4.69, 9.17) is 0 Å². The van der Waals surface area contributed by atoms with Crippen LogP contribution in [0.1, 0.15) is 5.56 Å². The van der Waals surface area contributed by atoms with E-state index in [0.29, 0.717) is 0 Å². The second-order valence-corrected chi connectivity index (χ2v) is 4.07. The van der Waals surface area contributed by atoms with Gasteiger partial charge in [-0.1, -0.05) is 0 Å². The molecule has 2 heterocycles. The molecule has 0 spiro atoms. The molecular formula is C9H14N2S. The van der Waals surface area contributed by atoms with Gasteiger partial charge in [0.2, 0.25) is 0 Å². The van der Waals surface area contributed by atoms with Crippen molar-refractivity contribution < 1.29 is 0 Å². The number of hydrogen-bond donors (Lipinski definition) is 2. The Morgan fingerprint density at radius 3 is 3.08 bits per heavy atom. The highest BCUT2D eigenvalue weighted by Gasteiger charge is 2.15. The number of thiophene rings is 1. The van der Waals surface area contributed by atoms with E-state index in [9.17, 15) is 0 Å². The van der Waals surface area contributed by atoms with Crippen LogP contribution in [0.4, 0.5) is 0 Å². The Bertz CT molecular complexity index is 216. The van der Waals surface area contributed by atoms with Gasteiger partial charge in [0, 0.05) is 26.2 Å². The van der Waals surface area contributed by atoms with Crippen LogP contribution in [0.25, 0.3) is 0 Å². The maximum Gasteiger partial charge on any atom is 0.0213 e. The van der Waals surface area contributed by atoms with E-state index >= 15 is 0 Å². The first-order valence-electron chi connectivity index (χ1n) is 4.37. The molecule has 2 N–H and O–H groups in total. The third-order valence-electron chi connectivity index (χ3n) is 2.21. The van der Waals surface area contributed by atoms with E-state index in [1.165, 1.54) is 18.7 Å². The Balaban J connectivity index is 1.62. The lowest BCUT2D eigenvalue weighted by molar-refractivity contribution is 0.331. The van der Waals surface area contributed by atoms with E-state index in [2.05, 4.69) is 27.5 Å². The fourth-order valence-corrected chi connectivity index (χ4v) is 1.98. The fourth-order valence-electron chi connectivity index (χ4n) is 1.31. The largest absolute Gasteiger partial charge is 0.316 e. The Morgan fingerprint density at radius 1 is 1.58 bits per heavy atom. The van der Waals surface area contributed by atoms with E-state index in [1.54, 1.807) is 11.3 Å². The molecule has 2 nitrogen and oxygen atoms in total. The first kappa shape index (κ1) is 8.23. The maximum absolute atomic E-state index is 3.46. The van der Waals surface area contributed by atoms with Crippen LogP contribution in [0.15, 0.2) is 16.8 Å². The summed E-state index contributed by atoms with van der Waals surface area (Å²) in [6, 6.07) is 2.18. The van der Waals surface area contributed by atoms with Gasteiger partial charge >= 0.3 is 0 Å². The van der Waals surface area contributed by atoms with Crippen LogP contribution in [-0.2, 0) is 6.54 Å². The van der Waals surface area contributed by atoms with Crippen molar-refractivity contribution in [3.8, 4) is 0 Å². The molecule has 0 aliphatic carbocycles. The van der Waals surface area contributed by atoms with Crippen LogP contribution in [0.3, 0.4) is 0 Å². The Labute approximate surface area is 77.0 Å². The molecule has 1 aliphatic rings. The predicted molar refractivity (Wildman–Crippen MR) is 52.4 cm³/mol. The van der Waals surface area contributed by atoms with Crippen molar-refractivity contribution in [3.05, 3.63) is 22.4 Å². The lowest BCUT2D eigenvalue weighted by atomic mass is 10.0. The van der Waals surface area contributed by atoms with Gasteiger partial charge in [-0.2, -0.15) is 11.3 Å². The van der Waals surface area contributed by atoms with Crippen molar-refractivity contribution in [3.63, 3.8) is 0 Å². The summed E-state index contributed by atoms with van der Waals surface area (Å²) in [5, 5.41) is 11.1. The third kappa shape index (κ3) is 2.06. The topological polar surface area (TPSA) is 24.1 Å². The molecule has 0 unspecified atom stereocenters. The normalized spacial score (nSPS) is 17.7. The van der Waals surface area contributed by atoms with Gasteiger partial charge in [0.15, 0.2) is 0 Å². The van der Waals surface area contributed by atoms with Gasteiger partial charge in [-0.05, 0) is 28.3 Å². The van der Waals surface area contributed by atoms with E-state index in [1.807, 2.05) is 0 Å². The molecule has 1 saturated heterocycles. The molecule has 1 aliphatic heterocycles. The number of rotatable bonds is 4. The highest BCUT2D eigenvalue weighted by Crippen LogP contribution is 2.06. The van der Waals surface area contributed by atoms with Gasteiger partial charge in [-0.3, -0.25) is 0 Å². The Kier molecular flexibility index (Phi) is 2.76. The molecule has 2 rings (SSSR count). The Morgan fingerprint density at radius 2 is 2.50 bits per heavy atom. The molecule has 1 aromatic heterocycles. The molecule has 0 atom stereocenters. The minimum Gasteiger partial charge on any atom is -0.316 e. The number of nitrogens with one attached hydrogen (secondary N) is 2. The predicted octanol–water partition coefficient (Wildman–Crippen LogP) is 1.06. The minimum absolute atomic E-state index is 0.864. The standard InChI is InChI=1S/C9H14N2S/c1-2-12-7-8(1)3-10-4-9-5-11-6-9/h1-2,7,9-11H,3-6H2. The molecule has 0 bridgehead atoms. The first-order chi connectivity index (χ1) is 5.95. The van der Waals surface area contributed by atoms with Crippen LogP contribution < -0.4 is 10.6 Å². The molecule has 12 heavy (non-hydrogen) atoms. The number of hydrogen-bond acceptors (Lipinski definition) is 3. The summed E-state index contributed by atoms with van der Waals surface area (Å²) >= 11 is 1.77. The van der Waals surface area contributed by atoms with Gasteiger partial charge in [0.1, 0.15) is 0 Å². The smallest absolute Gasteiger partial charge is 0.0213 e. The molecule has 0 aromatic carbocycles. The van der Waals surface area contributed by atoms with Crippen LogP contribution in [0.5, 0.6) is 0 Å². The molecule has 0 saturated carbocycles. The quantitative estimate of drug-likeness (QED) is 0.727. The van der Waals surface area contributed by atoms with Gasteiger partial charge in [0.25, 0.3) is 0 Å². The van der Waals surface area contributed by atoms with Crippen molar-refractivity contribution in [2.75, 3.05) is 19.6 Å². The summed E-state index contributed by atoms with van der Waals surface area (Å²) in [5.74, 6) is 0.864. The second-order valence-electron chi connectivity index (χ2n) is 3.29. The first-order valence-corrected chi connectivity index (χ1v) is 5.32. The SMILES string of the molecule is c1cc(CNCC2CNC2)cs1. The van der Waals surface area contributed by atoms with Crippen LogP contribution in [0, 0.1) is 5.92 Å². The summed E-state index contributed by atoms with van der Waals surface area (Å²) in [6.45, 7) is 4.57. The van der Waals surface area contributed by atoms with Crippen molar-refractivity contribution in [2.24, 2.45) is 5.92 Å². The zero-order valence-electron chi connectivity index (χ0n) is 7.05. The molecular weight excluding hydrogens is 168 g/mol. The van der Waals surface area contributed by atoms with E-state index in [0.717, 1.165) is 19.0 Å². The second kappa shape index (κ2) is 4.03. The zero-order valence-corrected chi connectivity index (χ0v) is 7.86. The van der Waals surface area contributed by atoms with E-state index in [-0.39, 0.29) is 0 Å². The van der Waals surface area contributed by atoms with Gasteiger partial charge in [-0.25, -0.2) is 0 Å². The highest BCUT2D eigenvalue weighted by atomic mass is 32.1. The lowest BCUT2D eigenvalue weighted by Gasteiger charge is -2.27. The summed E-state index contributed by atoms with van der Waals surface area (Å²) in [6.07, 6.45) is 0. The minimum atomic E-state index is 0.864. The molecule has 1 fully saturated rings. The zero-order chi connectivity index (χ0) is 8.23. The van der Waals surface area contributed by atoms with Crippen LogP contribution in [-0.4, -0.2) is 19.6 Å². The van der Waals surface area contributed by atoms with Gasteiger partial charge < -0.3 is 10.6 Å². The van der Waals surface area contributed by atoms with Crippen LogP contribution >= 0.6 is 11.3 Å². The molecule has 66 valence electrons. The third-order valence-corrected chi connectivity index (χ3v) is 2.94. The average Bonchev–Trinajstić information content (AvgIpc) is 2.46. The van der Waals surface area contributed by atoms with Crippen LogP contribution in [0.2, 0.25) is 0 Å². The molecule has 0 radical (unpaired) electrons. The van der Waals surface area contributed by atoms with Crippen molar-refractivity contribution >= 4 is 11.3 Å². The van der Waals surface area contributed by atoms with Crippen molar-refractivity contribution in [1.82, 2.24) is 10.6 Å². The molecule has 3 heteroatoms. The maximum atomic E-state index is 3.46. The van der Waals surface area contributed by atoms with E-state index < -0.39 is 0 Å². The summed E-state index contributed by atoms with van der Waals surface area (Å²) in [5.41, 5.74) is 1.41.